The summed E-state index contributed by atoms with van der Waals surface area (Å²) in [6.45, 7) is 2.21. The number of hydrogen-bond donors (Lipinski definition) is 1. The van der Waals surface area contributed by atoms with Crippen molar-refractivity contribution in [3.63, 3.8) is 0 Å². The number of aromatic hydroxyl groups is 1. The molecule has 2 aromatic heterocycles. The minimum absolute atomic E-state index is 0.0159. The Hall–Kier alpha value is -4.08. The predicted octanol–water partition coefficient (Wildman–Crippen LogP) is 4.89. The largest absolute Gasteiger partial charge is 0.508 e. The van der Waals surface area contributed by atoms with E-state index in [1.807, 2.05) is 4.90 Å². The summed E-state index contributed by atoms with van der Waals surface area (Å²) in [5.74, 6) is 2.12. The minimum Gasteiger partial charge on any atom is -0.508 e. The van der Waals surface area contributed by atoms with Crippen molar-refractivity contribution >= 4 is 37.3 Å². The molecule has 4 atom stereocenters. The van der Waals surface area contributed by atoms with Gasteiger partial charge in [0.15, 0.2) is 15.7 Å². The Balaban J connectivity index is 1.26. The number of phenolic OH excluding ortho intramolecular Hbond substituents is 1. The molecule has 3 aliphatic heterocycles. The lowest BCUT2D eigenvalue weighted by atomic mass is 9.95. The van der Waals surface area contributed by atoms with Crippen molar-refractivity contribution in [3.05, 3.63) is 47.9 Å². The Labute approximate surface area is 271 Å². The normalized spacial score (nSPS) is 27.4. The standard InChI is InChI=1S/C35H35F2N5O4S/c1-3-20-6-4-7-21-12-25(43)13-26(28(20)21)30-29(37)31-27(15-38-30)33(41-16-22-8-9-23(17-41)32(22)47(2,44)45)40-34(39-31)46-19-35-10-5-11-42(35)18-24(36)14-35/h1,4,6-7,12-13,15,22-24,32,43H,5,8-11,14,16-19H2,2H3/t22?,23?,24-,32?,35+/m1/s1. The number of alkyl halides is 1. The number of rotatable bonds is 6. The Morgan fingerprint density at radius 1 is 1.17 bits per heavy atom. The van der Waals surface area contributed by atoms with Crippen LogP contribution in [0.1, 0.15) is 37.7 Å². The summed E-state index contributed by atoms with van der Waals surface area (Å²) >= 11 is 0. The van der Waals surface area contributed by atoms with Crippen molar-refractivity contribution in [2.45, 2.75) is 49.1 Å². The van der Waals surface area contributed by atoms with E-state index in [0.29, 0.717) is 59.2 Å². The zero-order valence-electron chi connectivity index (χ0n) is 26.0. The molecule has 12 heteroatoms. The van der Waals surface area contributed by atoms with Crippen molar-refractivity contribution in [1.29, 1.82) is 0 Å². The number of sulfone groups is 1. The van der Waals surface area contributed by atoms with Crippen LogP contribution >= 0.6 is 0 Å². The highest BCUT2D eigenvalue weighted by atomic mass is 32.2. The van der Waals surface area contributed by atoms with E-state index < -0.39 is 32.6 Å². The van der Waals surface area contributed by atoms with Gasteiger partial charge in [-0.2, -0.15) is 9.97 Å². The molecule has 2 bridgehead atoms. The van der Waals surface area contributed by atoms with Gasteiger partial charge >= 0.3 is 6.01 Å². The van der Waals surface area contributed by atoms with Crippen molar-refractivity contribution in [2.24, 2.45) is 11.8 Å². The number of aromatic nitrogens is 3. The highest BCUT2D eigenvalue weighted by molar-refractivity contribution is 7.91. The Morgan fingerprint density at radius 2 is 1.96 bits per heavy atom. The van der Waals surface area contributed by atoms with Crippen LogP contribution in [-0.4, -0.2) is 89.4 Å². The van der Waals surface area contributed by atoms with Gasteiger partial charge in [0.05, 0.1) is 16.2 Å². The molecule has 4 aliphatic rings. The number of hydrogen-bond acceptors (Lipinski definition) is 9. The molecule has 2 aromatic carbocycles. The first-order valence-electron chi connectivity index (χ1n) is 16.1. The maximum absolute atomic E-state index is 16.9. The number of nitrogens with zero attached hydrogens (tertiary/aromatic N) is 5. The lowest BCUT2D eigenvalue weighted by Crippen LogP contribution is -2.48. The fourth-order valence-corrected chi connectivity index (χ4v) is 10.8. The number of terminal acetylenes is 1. The summed E-state index contributed by atoms with van der Waals surface area (Å²) in [5, 5.41) is 11.7. The molecule has 2 unspecified atom stereocenters. The molecule has 8 rings (SSSR count). The van der Waals surface area contributed by atoms with Gasteiger partial charge in [-0.15, -0.1) is 6.42 Å². The summed E-state index contributed by atoms with van der Waals surface area (Å²) < 4.78 is 63.0. The monoisotopic (exact) mass is 659 g/mol. The van der Waals surface area contributed by atoms with Crippen LogP contribution in [0, 0.1) is 30.0 Å². The van der Waals surface area contributed by atoms with E-state index in [-0.39, 0.29) is 41.4 Å². The van der Waals surface area contributed by atoms with E-state index in [2.05, 4.69) is 20.8 Å². The van der Waals surface area contributed by atoms with Gasteiger partial charge < -0.3 is 14.7 Å². The fourth-order valence-electron chi connectivity index (χ4n) is 8.93. The molecule has 9 nitrogen and oxygen atoms in total. The van der Waals surface area contributed by atoms with E-state index in [1.165, 1.54) is 18.5 Å². The zero-order chi connectivity index (χ0) is 32.7. The number of fused-ring (bicyclic) bond motifs is 5. The minimum atomic E-state index is -3.25. The topological polar surface area (TPSA) is 109 Å². The third kappa shape index (κ3) is 4.97. The lowest BCUT2D eigenvalue weighted by Gasteiger charge is -2.38. The van der Waals surface area contributed by atoms with Crippen LogP contribution in [0.5, 0.6) is 11.8 Å². The van der Waals surface area contributed by atoms with Gasteiger partial charge in [-0.05, 0) is 67.6 Å². The molecule has 3 saturated heterocycles. The predicted molar refractivity (Wildman–Crippen MR) is 175 cm³/mol. The highest BCUT2D eigenvalue weighted by Gasteiger charge is 2.50. The van der Waals surface area contributed by atoms with Gasteiger partial charge in [-0.3, -0.25) is 9.88 Å². The molecular weight excluding hydrogens is 624 g/mol. The van der Waals surface area contributed by atoms with Gasteiger partial charge in [0.25, 0.3) is 0 Å². The average molecular weight is 660 g/mol. The van der Waals surface area contributed by atoms with E-state index in [1.54, 1.807) is 24.3 Å². The van der Waals surface area contributed by atoms with Crippen LogP contribution < -0.4 is 9.64 Å². The second kappa shape index (κ2) is 11.0. The smallest absolute Gasteiger partial charge is 0.319 e. The third-order valence-electron chi connectivity index (χ3n) is 10.8. The lowest BCUT2D eigenvalue weighted by molar-refractivity contribution is 0.107. The van der Waals surface area contributed by atoms with E-state index in [9.17, 15) is 17.9 Å². The number of piperidine rings is 1. The fraction of sp³-hybridized carbons (Fsp3) is 0.457. The molecule has 1 aliphatic carbocycles. The van der Waals surface area contributed by atoms with Gasteiger partial charge in [0.1, 0.15) is 35.6 Å². The highest BCUT2D eigenvalue weighted by Crippen LogP contribution is 2.45. The maximum Gasteiger partial charge on any atom is 0.319 e. The van der Waals surface area contributed by atoms with E-state index in [4.69, 9.17) is 16.1 Å². The first-order chi connectivity index (χ1) is 22.5. The number of phenols is 1. The van der Waals surface area contributed by atoms with Crippen LogP contribution in [0.15, 0.2) is 36.5 Å². The van der Waals surface area contributed by atoms with Crippen LogP contribution in [0.4, 0.5) is 14.6 Å². The van der Waals surface area contributed by atoms with Crippen LogP contribution in [0.2, 0.25) is 0 Å². The molecule has 4 fully saturated rings. The van der Waals surface area contributed by atoms with Crippen molar-refractivity contribution in [2.75, 3.05) is 43.9 Å². The van der Waals surface area contributed by atoms with Crippen LogP contribution in [0.25, 0.3) is 32.9 Å². The summed E-state index contributed by atoms with van der Waals surface area (Å²) in [7, 11) is -3.25. The molecule has 1 N–H and O–H groups in total. The van der Waals surface area contributed by atoms with Crippen LogP contribution in [0.3, 0.4) is 0 Å². The summed E-state index contributed by atoms with van der Waals surface area (Å²) in [5.41, 5.74) is 0.336. The molecule has 0 amide bonds. The molecule has 0 radical (unpaired) electrons. The number of benzene rings is 2. The molecule has 4 aromatic rings. The van der Waals surface area contributed by atoms with E-state index >= 15 is 4.39 Å². The van der Waals surface area contributed by atoms with Gasteiger partial charge in [0, 0.05) is 55.0 Å². The molecular formula is C35H35F2N5O4S. The second-order valence-corrected chi connectivity index (χ2v) is 15.9. The second-order valence-electron chi connectivity index (χ2n) is 13.7. The molecule has 0 spiro atoms. The third-order valence-corrected chi connectivity index (χ3v) is 12.5. The molecule has 1 saturated carbocycles. The molecule has 47 heavy (non-hydrogen) atoms. The van der Waals surface area contributed by atoms with Crippen molar-refractivity contribution in [1.82, 2.24) is 19.9 Å². The Morgan fingerprint density at radius 3 is 2.70 bits per heavy atom. The van der Waals surface area contributed by atoms with Crippen molar-refractivity contribution < 1.29 is 27.0 Å². The molecule has 5 heterocycles. The quantitative estimate of drug-likeness (QED) is 0.290. The first kappa shape index (κ1) is 30.3. The maximum atomic E-state index is 16.9. The number of anilines is 1. The Bertz CT molecular complexity index is 2070. The van der Waals surface area contributed by atoms with Crippen LogP contribution in [-0.2, 0) is 9.84 Å². The average Bonchev–Trinajstić information content (AvgIpc) is 3.66. The molecule has 244 valence electrons. The Kier molecular flexibility index (Phi) is 7.08. The zero-order valence-corrected chi connectivity index (χ0v) is 26.8. The number of ether oxygens (including phenoxy) is 1. The van der Waals surface area contributed by atoms with Gasteiger partial charge in [0.2, 0.25) is 0 Å². The van der Waals surface area contributed by atoms with Crippen molar-refractivity contribution in [3.8, 4) is 35.4 Å². The number of pyridine rings is 1. The van der Waals surface area contributed by atoms with Gasteiger partial charge in [-0.1, -0.05) is 18.1 Å². The summed E-state index contributed by atoms with van der Waals surface area (Å²) in [4.78, 5) is 18.1. The van der Waals surface area contributed by atoms with E-state index in [0.717, 1.165) is 32.2 Å². The summed E-state index contributed by atoms with van der Waals surface area (Å²) in [6, 6.07) is 8.28. The number of halogens is 2. The van der Waals surface area contributed by atoms with Gasteiger partial charge in [-0.25, -0.2) is 17.2 Å². The summed E-state index contributed by atoms with van der Waals surface area (Å²) in [6.07, 6.45) is 11.4. The SMILES string of the molecule is C#Cc1cccc2cc(O)cc(-c3ncc4c(N5CC6CCC(C5)C6S(C)(=O)=O)nc(OC[C@@]56CCCN5C[C@H](F)C6)nc4c3F)c12. The first-order valence-corrected chi connectivity index (χ1v) is 18.0.